The topological polar surface area (TPSA) is 21.6 Å². The zero-order valence-electron chi connectivity index (χ0n) is 6.47. The molecule has 4 heteroatoms. The van der Waals surface area contributed by atoms with Crippen LogP contribution in [-0.4, -0.2) is 12.8 Å². The molecule has 0 aromatic rings. The predicted octanol–water partition coefficient (Wildman–Crippen LogP) is 2.96. The summed E-state index contributed by atoms with van der Waals surface area (Å²) in [5.41, 5.74) is 1.42. The van der Waals surface area contributed by atoms with E-state index in [-0.39, 0.29) is 0 Å². The number of nitrogens with zero attached hydrogens (tertiary/aromatic N) is 1. The van der Waals surface area contributed by atoms with Crippen molar-refractivity contribution in [1.82, 2.24) is 0 Å². The lowest BCUT2D eigenvalue weighted by Gasteiger charge is -2.08. The molecule has 0 N–H and O–H groups in total. The van der Waals surface area contributed by atoms with E-state index in [4.69, 9.17) is 11.6 Å². The van der Waals surface area contributed by atoms with Crippen LogP contribution in [0.1, 0.15) is 0 Å². The fourth-order valence-electron chi connectivity index (χ4n) is 0.761. The van der Waals surface area contributed by atoms with Crippen molar-refractivity contribution in [2.75, 3.05) is 7.11 Å². The highest BCUT2D eigenvalue weighted by atomic mass is 79.9. The molecule has 0 saturated heterocycles. The van der Waals surface area contributed by atoms with Gasteiger partial charge < -0.3 is 4.84 Å². The highest BCUT2D eigenvalue weighted by Crippen LogP contribution is 2.27. The Morgan fingerprint density at radius 2 is 2.25 bits per heavy atom. The summed E-state index contributed by atoms with van der Waals surface area (Å²) in [5.74, 6) is 0. The van der Waals surface area contributed by atoms with Crippen molar-refractivity contribution in [3.63, 3.8) is 0 Å². The standard InChI is InChI=1S/C8H7BrClNO/c1-5-3-6(9)7(10)4-8(5)11-12-2/h3-4H,1H2,2H3/b11-8-. The lowest BCUT2D eigenvalue weighted by molar-refractivity contribution is 0.214. The molecule has 0 bridgehead atoms. The van der Waals surface area contributed by atoms with E-state index in [0.29, 0.717) is 10.7 Å². The zero-order chi connectivity index (χ0) is 9.14. The van der Waals surface area contributed by atoms with E-state index < -0.39 is 0 Å². The second-order valence-corrected chi connectivity index (χ2v) is 3.43. The van der Waals surface area contributed by atoms with Gasteiger partial charge in [0.15, 0.2) is 0 Å². The number of allylic oxidation sites excluding steroid dienone is 5. The van der Waals surface area contributed by atoms with Crippen LogP contribution >= 0.6 is 27.5 Å². The number of oxime groups is 1. The van der Waals surface area contributed by atoms with Crippen LogP contribution in [0.5, 0.6) is 0 Å². The Morgan fingerprint density at radius 3 is 2.83 bits per heavy atom. The molecule has 0 unspecified atom stereocenters. The van der Waals surface area contributed by atoms with Crippen molar-refractivity contribution >= 4 is 33.2 Å². The van der Waals surface area contributed by atoms with Crippen LogP contribution in [-0.2, 0) is 4.84 Å². The molecule has 0 atom stereocenters. The second-order valence-electron chi connectivity index (χ2n) is 2.17. The minimum absolute atomic E-state index is 0.596. The molecular formula is C8H7BrClNO. The highest BCUT2D eigenvalue weighted by Gasteiger charge is 2.11. The van der Waals surface area contributed by atoms with E-state index in [9.17, 15) is 0 Å². The van der Waals surface area contributed by atoms with E-state index >= 15 is 0 Å². The molecule has 0 heterocycles. The van der Waals surface area contributed by atoms with Crippen LogP contribution in [0.3, 0.4) is 0 Å². The minimum atomic E-state index is 0.596. The normalized spacial score (nSPS) is 20.6. The Labute approximate surface area is 84.4 Å². The molecule has 1 rings (SSSR count). The van der Waals surface area contributed by atoms with Gasteiger partial charge >= 0.3 is 0 Å². The Kier molecular flexibility index (Phi) is 3.12. The summed E-state index contributed by atoms with van der Waals surface area (Å²) >= 11 is 9.11. The Balaban J connectivity index is 3.00. The Bertz CT molecular complexity index is 304. The number of halogens is 2. The molecule has 0 amide bonds. The van der Waals surface area contributed by atoms with Crippen molar-refractivity contribution in [3.05, 3.63) is 33.8 Å². The van der Waals surface area contributed by atoms with Crippen molar-refractivity contribution < 1.29 is 4.84 Å². The highest BCUT2D eigenvalue weighted by molar-refractivity contribution is 9.12. The monoisotopic (exact) mass is 247 g/mol. The van der Waals surface area contributed by atoms with E-state index in [0.717, 1.165) is 10.1 Å². The Hall–Kier alpha value is -0.540. The molecule has 0 aliphatic heterocycles. The number of hydrogen-bond donors (Lipinski definition) is 0. The van der Waals surface area contributed by atoms with Crippen LogP contribution in [0, 0.1) is 0 Å². The first kappa shape index (κ1) is 9.55. The van der Waals surface area contributed by atoms with Gasteiger partial charge in [0.25, 0.3) is 0 Å². The largest absolute Gasteiger partial charge is 0.399 e. The molecule has 0 saturated carbocycles. The number of hydrogen-bond acceptors (Lipinski definition) is 2. The molecule has 0 aromatic heterocycles. The molecule has 0 aromatic carbocycles. The summed E-state index contributed by atoms with van der Waals surface area (Å²) in [6.07, 6.45) is 3.48. The molecule has 0 radical (unpaired) electrons. The fraction of sp³-hybridized carbons (Fsp3) is 0.125. The van der Waals surface area contributed by atoms with Gasteiger partial charge in [-0.3, -0.25) is 0 Å². The van der Waals surface area contributed by atoms with Gasteiger partial charge in [-0.25, -0.2) is 0 Å². The van der Waals surface area contributed by atoms with Crippen molar-refractivity contribution in [1.29, 1.82) is 0 Å². The SMILES string of the molecule is C=C1C=C(Br)C(Cl)=C/C1=N/OC. The molecule has 64 valence electrons. The molecule has 12 heavy (non-hydrogen) atoms. The van der Waals surface area contributed by atoms with E-state index in [2.05, 4.69) is 32.5 Å². The summed E-state index contributed by atoms with van der Waals surface area (Å²) < 4.78 is 0.809. The van der Waals surface area contributed by atoms with Crippen LogP contribution in [0.4, 0.5) is 0 Å². The van der Waals surface area contributed by atoms with Crippen LogP contribution < -0.4 is 0 Å². The number of rotatable bonds is 1. The summed E-state index contributed by atoms with van der Waals surface area (Å²) in [4.78, 5) is 4.61. The smallest absolute Gasteiger partial charge is 0.111 e. The van der Waals surface area contributed by atoms with Crippen LogP contribution in [0.2, 0.25) is 0 Å². The molecular weight excluding hydrogens is 241 g/mol. The van der Waals surface area contributed by atoms with E-state index in [1.165, 1.54) is 7.11 Å². The third-order valence-corrected chi connectivity index (χ3v) is 2.51. The van der Waals surface area contributed by atoms with Crippen molar-refractivity contribution in [3.8, 4) is 0 Å². The third kappa shape index (κ3) is 1.99. The second kappa shape index (κ2) is 3.92. The third-order valence-electron chi connectivity index (χ3n) is 1.31. The van der Waals surface area contributed by atoms with Gasteiger partial charge in [-0.05, 0) is 33.7 Å². The van der Waals surface area contributed by atoms with Gasteiger partial charge in [-0.2, -0.15) is 0 Å². The summed E-state index contributed by atoms with van der Waals surface area (Å²) in [7, 11) is 1.48. The average Bonchev–Trinajstić information content (AvgIpc) is 2.01. The molecule has 0 spiro atoms. The summed E-state index contributed by atoms with van der Waals surface area (Å²) in [5, 5.41) is 4.34. The van der Waals surface area contributed by atoms with Gasteiger partial charge in [-0.1, -0.05) is 23.3 Å². The molecule has 1 aliphatic carbocycles. The average molecular weight is 249 g/mol. The van der Waals surface area contributed by atoms with E-state index in [1.807, 2.05) is 0 Å². The molecule has 0 fully saturated rings. The first-order chi connectivity index (χ1) is 5.65. The van der Waals surface area contributed by atoms with Gasteiger partial charge in [-0.15, -0.1) is 0 Å². The van der Waals surface area contributed by atoms with Gasteiger partial charge in [0.1, 0.15) is 12.8 Å². The maximum Gasteiger partial charge on any atom is 0.111 e. The minimum Gasteiger partial charge on any atom is -0.399 e. The molecule has 2 nitrogen and oxygen atoms in total. The summed E-state index contributed by atoms with van der Waals surface area (Å²) in [6.45, 7) is 3.78. The maximum atomic E-state index is 5.83. The quantitative estimate of drug-likeness (QED) is 0.654. The first-order valence-corrected chi connectivity index (χ1v) is 4.37. The van der Waals surface area contributed by atoms with Crippen LogP contribution in [0.25, 0.3) is 0 Å². The predicted molar refractivity (Wildman–Crippen MR) is 54.5 cm³/mol. The lowest BCUT2D eigenvalue weighted by atomic mass is 10.1. The summed E-state index contributed by atoms with van der Waals surface area (Å²) in [6, 6.07) is 0. The first-order valence-electron chi connectivity index (χ1n) is 3.20. The maximum absolute atomic E-state index is 5.83. The van der Waals surface area contributed by atoms with Crippen molar-refractivity contribution in [2.45, 2.75) is 0 Å². The zero-order valence-corrected chi connectivity index (χ0v) is 8.82. The lowest BCUT2D eigenvalue weighted by Crippen LogP contribution is -2.02. The Morgan fingerprint density at radius 1 is 1.58 bits per heavy atom. The van der Waals surface area contributed by atoms with Crippen LogP contribution in [0.15, 0.2) is 39.0 Å². The van der Waals surface area contributed by atoms with E-state index in [1.54, 1.807) is 12.2 Å². The van der Waals surface area contributed by atoms with Crippen molar-refractivity contribution in [2.24, 2.45) is 5.16 Å². The van der Waals surface area contributed by atoms with Gasteiger partial charge in [0.2, 0.25) is 0 Å². The molecule has 1 aliphatic rings. The fourth-order valence-corrected chi connectivity index (χ4v) is 1.31. The van der Waals surface area contributed by atoms with Gasteiger partial charge in [0, 0.05) is 4.48 Å². The van der Waals surface area contributed by atoms with Gasteiger partial charge in [0.05, 0.1) is 5.03 Å².